The third-order valence-corrected chi connectivity index (χ3v) is 6.86. The molecular weight excluding hydrogens is 433 g/mol. The second-order valence-electron chi connectivity index (χ2n) is 8.01. The molecule has 9 heteroatoms. The van der Waals surface area contributed by atoms with Gasteiger partial charge in [0.05, 0.1) is 18.1 Å². The highest BCUT2D eigenvalue weighted by Crippen LogP contribution is 2.25. The molecule has 2 aliphatic rings. The van der Waals surface area contributed by atoms with Gasteiger partial charge in [-0.25, -0.2) is 4.39 Å². The van der Waals surface area contributed by atoms with Crippen molar-refractivity contribution in [2.45, 2.75) is 18.9 Å². The molecular formula is C23H26FN3O4S. The van der Waals surface area contributed by atoms with Gasteiger partial charge in [0.15, 0.2) is 0 Å². The lowest BCUT2D eigenvalue weighted by atomic mass is 9.88. The summed E-state index contributed by atoms with van der Waals surface area (Å²) in [4.78, 5) is 42.8. The Morgan fingerprint density at radius 3 is 2.44 bits per heavy atom. The highest BCUT2D eigenvalue weighted by molar-refractivity contribution is 7.12. The van der Waals surface area contributed by atoms with Crippen LogP contribution in [-0.2, 0) is 9.53 Å². The first-order chi connectivity index (χ1) is 15.5. The maximum atomic E-state index is 13.5. The minimum atomic E-state index is -0.658. The quantitative estimate of drug-likeness (QED) is 0.745. The van der Waals surface area contributed by atoms with Crippen molar-refractivity contribution in [1.29, 1.82) is 0 Å². The van der Waals surface area contributed by atoms with Gasteiger partial charge in [0.2, 0.25) is 5.91 Å². The Kier molecular flexibility index (Phi) is 7.16. The third kappa shape index (κ3) is 5.16. The topological polar surface area (TPSA) is 79.0 Å². The van der Waals surface area contributed by atoms with Crippen LogP contribution in [0.3, 0.4) is 0 Å². The summed E-state index contributed by atoms with van der Waals surface area (Å²) in [6.07, 6.45) is 1.15. The molecule has 7 nitrogen and oxygen atoms in total. The van der Waals surface area contributed by atoms with Crippen molar-refractivity contribution in [2.24, 2.45) is 5.92 Å². The summed E-state index contributed by atoms with van der Waals surface area (Å²) in [7, 11) is 0. The van der Waals surface area contributed by atoms with Crippen molar-refractivity contribution in [3.63, 3.8) is 0 Å². The summed E-state index contributed by atoms with van der Waals surface area (Å²) < 4.78 is 18.9. The molecule has 1 aromatic carbocycles. The minimum Gasteiger partial charge on any atom is -0.378 e. The fourth-order valence-electron chi connectivity index (χ4n) is 4.22. The largest absolute Gasteiger partial charge is 0.378 e. The molecule has 1 atom stereocenters. The molecule has 170 valence electrons. The summed E-state index contributed by atoms with van der Waals surface area (Å²) in [5.74, 6) is -1.12. The molecule has 0 aliphatic carbocycles. The predicted octanol–water partition coefficient (Wildman–Crippen LogP) is 2.40. The summed E-state index contributed by atoms with van der Waals surface area (Å²) in [5, 5.41) is 4.78. The molecule has 1 N–H and O–H groups in total. The van der Waals surface area contributed by atoms with Crippen LogP contribution in [0.2, 0.25) is 0 Å². The highest BCUT2D eigenvalue weighted by Gasteiger charge is 2.36. The number of benzene rings is 1. The lowest BCUT2D eigenvalue weighted by Crippen LogP contribution is -2.56. The van der Waals surface area contributed by atoms with Gasteiger partial charge in [-0.2, -0.15) is 0 Å². The van der Waals surface area contributed by atoms with E-state index in [0.717, 1.165) is 0 Å². The first-order valence-electron chi connectivity index (χ1n) is 10.8. The first kappa shape index (κ1) is 22.4. The van der Waals surface area contributed by atoms with Crippen molar-refractivity contribution in [2.75, 3.05) is 39.4 Å². The van der Waals surface area contributed by atoms with E-state index in [1.165, 1.54) is 29.5 Å². The minimum absolute atomic E-state index is 0.0918. The fraction of sp³-hybridized carbons (Fsp3) is 0.435. The van der Waals surface area contributed by atoms with E-state index in [2.05, 4.69) is 5.32 Å². The van der Waals surface area contributed by atoms with Crippen LogP contribution >= 0.6 is 11.3 Å². The van der Waals surface area contributed by atoms with Crippen LogP contribution in [0.5, 0.6) is 0 Å². The normalized spacial score (nSPS) is 18.3. The van der Waals surface area contributed by atoms with E-state index >= 15 is 0 Å². The zero-order chi connectivity index (χ0) is 22.5. The molecule has 2 aromatic rings. The number of carbonyl (C=O) groups is 3. The second-order valence-corrected chi connectivity index (χ2v) is 8.95. The molecule has 4 rings (SSSR count). The SMILES string of the molecule is O=C(NC(C(=O)N1CCOCC1)C1CCN(C(=O)c2cccc(F)c2)CC1)c1cccs1. The van der Waals surface area contributed by atoms with Gasteiger partial charge in [0.1, 0.15) is 11.9 Å². The Morgan fingerprint density at radius 2 is 1.78 bits per heavy atom. The van der Waals surface area contributed by atoms with Gasteiger partial charge in [0, 0.05) is 31.7 Å². The molecule has 2 saturated heterocycles. The number of thiophene rings is 1. The predicted molar refractivity (Wildman–Crippen MR) is 118 cm³/mol. The van der Waals surface area contributed by atoms with E-state index in [-0.39, 0.29) is 23.6 Å². The number of halogens is 1. The average Bonchev–Trinajstić information content (AvgIpc) is 3.37. The van der Waals surface area contributed by atoms with Gasteiger partial charge in [0.25, 0.3) is 11.8 Å². The van der Waals surface area contributed by atoms with Crippen LogP contribution in [0, 0.1) is 11.7 Å². The molecule has 3 heterocycles. The van der Waals surface area contributed by atoms with Crippen molar-refractivity contribution in [3.8, 4) is 0 Å². The Bertz CT molecular complexity index is 954. The van der Waals surface area contributed by atoms with Crippen molar-refractivity contribution < 1.29 is 23.5 Å². The van der Waals surface area contributed by atoms with Crippen LogP contribution in [0.1, 0.15) is 32.9 Å². The number of morpholine rings is 1. The molecule has 0 bridgehead atoms. The van der Waals surface area contributed by atoms with Crippen molar-refractivity contribution in [3.05, 3.63) is 58.0 Å². The zero-order valence-corrected chi connectivity index (χ0v) is 18.5. The molecule has 1 aromatic heterocycles. The van der Waals surface area contributed by atoms with E-state index in [1.807, 2.05) is 5.38 Å². The number of ether oxygens (including phenoxy) is 1. The maximum absolute atomic E-state index is 13.5. The van der Waals surface area contributed by atoms with E-state index in [9.17, 15) is 18.8 Å². The highest BCUT2D eigenvalue weighted by atomic mass is 32.1. The number of nitrogens with one attached hydrogen (secondary N) is 1. The molecule has 0 saturated carbocycles. The first-order valence-corrected chi connectivity index (χ1v) is 11.7. The van der Waals surface area contributed by atoms with Gasteiger partial charge in [-0.3, -0.25) is 14.4 Å². The fourth-order valence-corrected chi connectivity index (χ4v) is 4.85. The van der Waals surface area contributed by atoms with Gasteiger partial charge < -0.3 is 19.9 Å². The van der Waals surface area contributed by atoms with Crippen LogP contribution in [0.25, 0.3) is 0 Å². The number of piperidine rings is 1. The smallest absolute Gasteiger partial charge is 0.262 e. The Labute approximate surface area is 190 Å². The summed E-state index contributed by atoms with van der Waals surface area (Å²) >= 11 is 1.33. The van der Waals surface area contributed by atoms with Crippen molar-refractivity contribution >= 4 is 29.1 Å². The molecule has 3 amide bonds. The summed E-state index contributed by atoms with van der Waals surface area (Å²) in [5.41, 5.74) is 0.315. The van der Waals surface area contributed by atoms with Crippen molar-refractivity contribution in [1.82, 2.24) is 15.1 Å². The standard InChI is InChI=1S/C23H26FN3O4S/c24-18-4-1-3-17(15-18)22(29)26-8-6-16(7-9-26)20(23(30)27-10-12-31-13-11-27)25-21(28)19-5-2-14-32-19/h1-5,14-16,20H,6-13H2,(H,25,28). The molecule has 0 radical (unpaired) electrons. The van der Waals surface area contributed by atoms with E-state index in [1.54, 1.807) is 28.0 Å². The number of likely N-dealkylation sites (tertiary alicyclic amines) is 1. The number of amides is 3. The lowest BCUT2D eigenvalue weighted by molar-refractivity contribution is -0.139. The number of rotatable bonds is 5. The monoisotopic (exact) mass is 459 g/mol. The number of hydrogen-bond acceptors (Lipinski definition) is 5. The van der Waals surface area contributed by atoms with Gasteiger partial charge in [-0.1, -0.05) is 12.1 Å². The average molecular weight is 460 g/mol. The molecule has 0 spiro atoms. The molecule has 2 aliphatic heterocycles. The van der Waals surface area contributed by atoms with Crippen LogP contribution < -0.4 is 5.32 Å². The Balaban J connectivity index is 1.44. The lowest BCUT2D eigenvalue weighted by Gasteiger charge is -2.38. The number of nitrogens with zero attached hydrogens (tertiary/aromatic N) is 2. The van der Waals surface area contributed by atoms with E-state index in [0.29, 0.717) is 62.7 Å². The Morgan fingerprint density at radius 1 is 1.03 bits per heavy atom. The van der Waals surface area contributed by atoms with E-state index < -0.39 is 11.9 Å². The maximum Gasteiger partial charge on any atom is 0.262 e. The van der Waals surface area contributed by atoms with Gasteiger partial charge in [-0.15, -0.1) is 11.3 Å². The summed E-state index contributed by atoms with van der Waals surface area (Å²) in [6, 6.07) is 8.54. The van der Waals surface area contributed by atoms with Crippen LogP contribution in [-0.4, -0.2) is 73.0 Å². The second kappa shape index (κ2) is 10.2. The number of carbonyl (C=O) groups excluding carboxylic acids is 3. The number of hydrogen-bond donors (Lipinski definition) is 1. The van der Waals surface area contributed by atoms with Crippen LogP contribution in [0.4, 0.5) is 4.39 Å². The molecule has 32 heavy (non-hydrogen) atoms. The third-order valence-electron chi connectivity index (χ3n) is 5.99. The summed E-state index contributed by atoms with van der Waals surface area (Å²) in [6.45, 7) is 2.86. The van der Waals surface area contributed by atoms with E-state index in [4.69, 9.17) is 4.74 Å². The van der Waals surface area contributed by atoms with Crippen LogP contribution in [0.15, 0.2) is 41.8 Å². The zero-order valence-electron chi connectivity index (χ0n) is 17.7. The Hall–Kier alpha value is -2.78. The molecule has 1 unspecified atom stereocenters. The van der Waals surface area contributed by atoms with Gasteiger partial charge in [-0.05, 0) is 48.4 Å². The molecule has 2 fully saturated rings. The van der Waals surface area contributed by atoms with Gasteiger partial charge >= 0.3 is 0 Å².